The van der Waals surface area contributed by atoms with Gasteiger partial charge >= 0.3 is 5.97 Å². The van der Waals surface area contributed by atoms with Crippen molar-refractivity contribution >= 4 is 29.0 Å². The van der Waals surface area contributed by atoms with Gasteiger partial charge in [-0.15, -0.1) is 0 Å². The average molecular weight is 252 g/mol. The molecule has 0 unspecified atom stereocenters. The molecule has 0 fully saturated rings. The van der Waals surface area contributed by atoms with Crippen molar-refractivity contribution in [1.29, 1.82) is 0 Å². The molecule has 1 aromatic rings. The summed E-state index contributed by atoms with van der Waals surface area (Å²) >= 11 is 5.12. The molecule has 0 aliphatic carbocycles. The van der Waals surface area contributed by atoms with Crippen LogP contribution in [-0.4, -0.2) is 23.2 Å². The van der Waals surface area contributed by atoms with Gasteiger partial charge in [0, 0.05) is 19.7 Å². The highest BCUT2D eigenvalue weighted by Gasteiger charge is 2.09. The van der Waals surface area contributed by atoms with Gasteiger partial charge in [-0.1, -0.05) is 12.1 Å². The minimum atomic E-state index is -0.405. The smallest absolute Gasteiger partial charge is 0.329 e. The second-order valence-corrected chi connectivity index (χ2v) is 4.22. The number of hydrogen-bond acceptors (Lipinski definition) is 3. The van der Waals surface area contributed by atoms with E-state index in [9.17, 15) is 4.79 Å². The zero-order chi connectivity index (χ0) is 13.0. The molecule has 1 N–H and O–H groups in total. The van der Waals surface area contributed by atoms with Crippen LogP contribution in [0.3, 0.4) is 0 Å². The number of aryl methyl sites for hydroxylation is 2. The summed E-state index contributed by atoms with van der Waals surface area (Å²) in [6.45, 7) is 5.32. The van der Waals surface area contributed by atoms with E-state index in [1.54, 1.807) is 7.05 Å². The molecule has 17 heavy (non-hydrogen) atoms. The summed E-state index contributed by atoms with van der Waals surface area (Å²) in [5.41, 5.74) is 3.12. The Kier molecular flexibility index (Phi) is 4.45. The zero-order valence-electron chi connectivity index (χ0n) is 10.4. The van der Waals surface area contributed by atoms with Crippen molar-refractivity contribution in [3.05, 3.63) is 29.3 Å². The molecular formula is C12H16N2O2S. The van der Waals surface area contributed by atoms with Crippen molar-refractivity contribution in [3.8, 4) is 0 Å². The highest BCUT2D eigenvalue weighted by Crippen LogP contribution is 2.16. The Morgan fingerprint density at radius 3 is 2.65 bits per heavy atom. The molecule has 1 aromatic carbocycles. The van der Waals surface area contributed by atoms with Gasteiger partial charge in [-0.25, -0.2) is 0 Å². The summed E-state index contributed by atoms with van der Waals surface area (Å²) in [6, 6.07) is 6.02. The molecule has 4 nitrogen and oxygen atoms in total. The second-order valence-electron chi connectivity index (χ2n) is 3.83. The van der Waals surface area contributed by atoms with Gasteiger partial charge in [-0.05, 0) is 43.3 Å². The molecule has 0 heterocycles. The molecule has 0 saturated carbocycles. The Balaban J connectivity index is 2.73. The lowest BCUT2D eigenvalue weighted by Crippen LogP contribution is -2.32. The largest absolute Gasteiger partial charge is 0.339 e. The third-order valence-electron chi connectivity index (χ3n) is 2.19. The number of thiocarbonyl (C=S) groups is 1. The van der Waals surface area contributed by atoms with Gasteiger partial charge in [0.15, 0.2) is 0 Å². The minimum Gasteiger partial charge on any atom is -0.339 e. The zero-order valence-corrected chi connectivity index (χ0v) is 11.2. The van der Waals surface area contributed by atoms with Crippen LogP contribution in [0.2, 0.25) is 0 Å². The highest BCUT2D eigenvalue weighted by molar-refractivity contribution is 7.80. The Bertz CT molecular complexity index is 446. The van der Waals surface area contributed by atoms with Crippen molar-refractivity contribution < 1.29 is 9.63 Å². The molecule has 92 valence electrons. The fourth-order valence-electron chi connectivity index (χ4n) is 1.30. The van der Waals surface area contributed by atoms with E-state index < -0.39 is 5.97 Å². The van der Waals surface area contributed by atoms with Crippen molar-refractivity contribution in [3.63, 3.8) is 0 Å². The van der Waals surface area contributed by atoms with Crippen LogP contribution in [0.5, 0.6) is 0 Å². The number of rotatable bonds is 1. The maximum absolute atomic E-state index is 10.8. The van der Waals surface area contributed by atoms with Gasteiger partial charge in [0.05, 0.1) is 0 Å². The molecule has 0 bridgehead atoms. The van der Waals surface area contributed by atoms with Gasteiger partial charge in [0.25, 0.3) is 0 Å². The Morgan fingerprint density at radius 2 is 2.06 bits per heavy atom. The quantitative estimate of drug-likeness (QED) is 0.614. The summed E-state index contributed by atoms with van der Waals surface area (Å²) in [7, 11) is 1.59. The molecule has 5 heteroatoms. The van der Waals surface area contributed by atoms with E-state index in [0.717, 1.165) is 16.8 Å². The van der Waals surface area contributed by atoms with Gasteiger partial charge in [0.1, 0.15) is 0 Å². The van der Waals surface area contributed by atoms with Crippen molar-refractivity contribution in [2.24, 2.45) is 0 Å². The lowest BCUT2D eigenvalue weighted by molar-refractivity contribution is -0.165. The average Bonchev–Trinajstić information content (AvgIpc) is 2.22. The Hall–Kier alpha value is -1.62. The summed E-state index contributed by atoms with van der Waals surface area (Å²) < 4.78 is 0. The maximum Gasteiger partial charge on any atom is 0.329 e. The first-order valence-electron chi connectivity index (χ1n) is 5.20. The third-order valence-corrected chi connectivity index (χ3v) is 2.55. The van der Waals surface area contributed by atoms with Crippen LogP contribution in [0.4, 0.5) is 5.69 Å². The van der Waals surface area contributed by atoms with Gasteiger partial charge in [-0.3, -0.25) is 4.79 Å². The molecule has 0 saturated heterocycles. The number of nitrogens with zero attached hydrogens (tertiary/aromatic N) is 1. The van der Waals surface area contributed by atoms with Gasteiger partial charge in [-0.2, -0.15) is 5.06 Å². The van der Waals surface area contributed by atoms with Crippen LogP contribution < -0.4 is 5.32 Å². The predicted octanol–water partition coefficient (Wildman–Crippen LogP) is 2.41. The maximum atomic E-state index is 10.8. The van der Waals surface area contributed by atoms with E-state index in [1.807, 2.05) is 32.0 Å². The van der Waals surface area contributed by atoms with Crippen molar-refractivity contribution in [2.75, 3.05) is 12.4 Å². The van der Waals surface area contributed by atoms with E-state index >= 15 is 0 Å². The molecule has 0 radical (unpaired) electrons. The van der Waals surface area contributed by atoms with Crippen molar-refractivity contribution in [1.82, 2.24) is 5.06 Å². The Morgan fingerprint density at radius 1 is 1.41 bits per heavy atom. The second kappa shape index (κ2) is 5.63. The third kappa shape index (κ3) is 4.03. The molecule has 0 spiro atoms. The molecular weight excluding hydrogens is 236 g/mol. The standard InChI is InChI=1S/C12H16N2O2S/c1-8-5-6-9(2)11(7-8)13-12(17)14(4)16-10(3)15/h5-7H,1-4H3,(H,13,17). The number of benzene rings is 1. The lowest BCUT2D eigenvalue weighted by Gasteiger charge is -2.19. The number of nitrogens with one attached hydrogen (secondary N) is 1. The lowest BCUT2D eigenvalue weighted by atomic mass is 10.1. The molecule has 0 aromatic heterocycles. The molecule has 0 aliphatic rings. The van der Waals surface area contributed by atoms with E-state index in [2.05, 4.69) is 5.32 Å². The minimum absolute atomic E-state index is 0.342. The predicted molar refractivity (Wildman–Crippen MR) is 71.7 cm³/mol. The molecule has 1 rings (SSSR count). The fourth-order valence-corrected chi connectivity index (χ4v) is 1.45. The monoisotopic (exact) mass is 252 g/mol. The van der Waals surface area contributed by atoms with Crippen LogP contribution >= 0.6 is 12.2 Å². The molecule has 0 atom stereocenters. The van der Waals surface area contributed by atoms with Crippen LogP contribution in [0.15, 0.2) is 18.2 Å². The van der Waals surface area contributed by atoms with Crippen LogP contribution in [-0.2, 0) is 9.63 Å². The van der Waals surface area contributed by atoms with Crippen LogP contribution in [0.1, 0.15) is 18.1 Å². The number of carbonyl (C=O) groups excluding carboxylic acids is 1. The van der Waals surface area contributed by atoms with Crippen LogP contribution in [0, 0.1) is 13.8 Å². The summed E-state index contributed by atoms with van der Waals surface area (Å²) in [5.74, 6) is -0.405. The fraction of sp³-hybridized carbons (Fsp3) is 0.333. The molecule has 0 amide bonds. The summed E-state index contributed by atoms with van der Waals surface area (Å²) in [5, 5.41) is 4.61. The van der Waals surface area contributed by atoms with E-state index in [0.29, 0.717) is 5.11 Å². The van der Waals surface area contributed by atoms with E-state index in [1.165, 1.54) is 12.0 Å². The first-order valence-corrected chi connectivity index (χ1v) is 5.61. The first kappa shape index (κ1) is 13.4. The topological polar surface area (TPSA) is 41.6 Å². The van der Waals surface area contributed by atoms with E-state index in [-0.39, 0.29) is 0 Å². The van der Waals surface area contributed by atoms with Gasteiger partial charge in [0.2, 0.25) is 5.11 Å². The summed E-state index contributed by atoms with van der Waals surface area (Å²) in [6.07, 6.45) is 0. The SMILES string of the molecule is CC(=O)ON(C)C(=S)Nc1cc(C)ccc1C. The van der Waals surface area contributed by atoms with Gasteiger partial charge < -0.3 is 10.2 Å². The molecule has 0 aliphatic heterocycles. The number of anilines is 1. The summed E-state index contributed by atoms with van der Waals surface area (Å²) in [4.78, 5) is 15.6. The van der Waals surface area contributed by atoms with Crippen LogP contribution in [0.25, 0.3) is 0 Å². The highest BCUT2D eigenvalue weighted by atomic mass is 32.1. The number of hydrogen-bond donors (Lipinski definition) is 1. The first-order chi connectivity index (χ1) is 7.90. The normalized spacial score (nSPS) is 9.65. The number of hydroxylamine groups is 2. The Labute approximate surface area is 107 Å². The van der Waals surface area contributed by atoms with E-state index in [4.69, 9.17) is 17.1 Å². The number of carbonyl (C=O) groups is 1. The van der Waals surface area contributed by atoms with Crippen molar-refractivity contribution in [2.45, 2.75) is 20.8 Å².